The normalized spacial score (nSPS) is 17.0. The zero-order chi connectivity index (χ0) is 15.8. The number of piperidine rings is 1. The predicted molar refractivity (Wildman–Crippen MR) is 97.9 cm³/mol. The van der Waals surface area contributed by atoms with Crippen LogP contribution in [0.5, 0.6) is 0 Å². The molecule has 1 aromatic heterocycles. The average Bonchev–Trinajstić information content (AvgIpc) is 2.99. The van der Waals surface area contributed by atoms with Crippen LogP contribution in [-0.2, 0) is 0 Å². The minimum absolute atomic E-state index is 0.688. The van der Waals surface area contributed by atoms with E-state index in [0.29, 0.717) is 5.92 Å². The monoisotopic (exact) mass is 304 g/mol. The van der Waals surface area contributed by atoms with Gasteiger partial charge in [0.2, 0.25) is 0 Å². The number of hydrogen-bond donors (Lipinski definition) is 1. The number of nitrogens with zero attached hydrogens (tertiary/aromatic N) is 1. The number of aromatic amines is 1. The van der Waals surface area contributed by atoms with Gasteiger partial charge in [-0.25, -0.2) is 0 Å². The molecule has 2 nitrogen and oxygen atoms in total. The van der Waals surface area contributed by atoms with Crippen molar-refractivity contribution in [3.8, 4) is 11.1 Å². The highest BCUT2D eigenvalue weighted by atomic mass is 15.1. The summed E-state index contributed by atoms with van der Waals surface area (Å²) in [4.78, 5) is 5.90. The van der Waals surface area contributed by atoms with Crippen LogP contribution in [-0.4, -0.2) is 30.0 Å². The lowest BCUT2D eigenvalue weighted by atomic mass is 9.88. The highest BCUT2D eigenvalue weighted by Crippen LogP contribution is 2.34. The van der Waals surface area contributed by atoms with Gasteiger partial charge in [0.25, 0.3) is 0 Å². The van der Waals surface area contributed by atoms with Gasteiger partial charge in [-0.1, -0.05) is 35.9 Å². The molecule has 4 rings (SSSR count). The number of benzene rings is 2. The summed E-state index contributed by atoms with van der Waals surface area (Å²) in [6.07, 6.45) is 4.76. The number of rotatable bonds is 2. The van der Waals surface area contributed by atoms with Crippen molar-refractivity contribution in [1.82, 2.24) is 9.88 Å². The van der Waals surface area contributed by atoms with E-state index in [4.69, 9.17) is 0 Å². The quantitative estimate of drug-likeness (QED) is 0.709. The number of H-pyrrole nitrogens is 1. The van der Waals surface area contributed by atoms with Crippen LogP contribution in [0.25, 0.3) is 22.0 Å². The van der Waals surface area contributed by atoms with Crippen LogP contribution >= 0.6 is 0 Å². The second-order valence-electron chi connectivity index (χ2n) is 6.95. The largest absolute Gasteiger partial charge is 0.361 e. The van der Waals surface area contributed by atoms with Crippen molar-refractivity contribution in [2.45, 2.75) is 25.7 Å². The van der Waals surface area contributed by atoms with Gasteiger partial charge in [-0.3, -0.25) is 0 Å². The minimum atomic E-state index is 0.688. The molecule has 1 fully saturated rings. The van der Waals surface area contributed by atoms with E-state index in [9.17, 15) is 0 Å². The predicted octanol–water partition coefficient (Wildman–Crippen LogP) is 4.95. The molecular formula is C21H24N2. The molecule has 0 aliphatic carbocycles. The smallest absolute Gasteiger partial charge is 0.0457 e. The fraction of sp³-hybridized carbons (Fsp3) is 0.333. The standard InChI is InChI=1S/C21H24N2/c1-15-3-5-16(6-4-15)18-7-8-21-19(13-18)20(14-22-21)17-9-11-23(2)12-10-17/h3-8,13-14,17,22H,9-12H2,1-2H3. The highest BCUT2D eigenvalue weighted by Gasteiger charge is 2.21. The summed E-state index contributed by atoms with van der Waals surface area (Å²) < 4.78 is 0. The summed E-state index contributed by atoms with van der Waals surface area (Å²) in [6, 6.07) is 15.6. The van der Waals surface area contributed by atoms with E-state index in [1.54, 1.807) is 0 Å². The molecule has 0 radical (unpaired) electrons. The fourth-order valence-corrected chi connectivity index (χ4v) is 3.73. The van der Waals surface area contributed by atoms with E-state index in [2.05, 4.69) is 72.5 Å². The van der Waals surface area contributed by atoms with Crippen molar-refractivity contribution >= 4 is 10.9 Å². The first kappa shape index (κ1) is 14.5. The Balaban J connectivity index is 1.72. The maximum atomic E-state index is 3.47. The van der Waals surface area contributed by atoms with Gasteiger partial charge < -0.3 is 9.88 Å². The molecule has 1 aliphatic rings. The Morgan fingerprint density at radius 3 is 2.39 bits per heavy atom. The van der Waals surface area contributed by atoms with Crippen molar-refractivity contribution in [3.63, 3.8) is 0 Å². The fourth-order valence-electron chi connectivity index (χ4n) is 3.73. The Morgan fingerprint density at radius 2 is 1.65 bits per heavy atom. The van der Waals surface area contributed by atoms with E-state index in [1.165, 1.54) is 59.1 Å². The number of fused-ring (bicyclic) bond motifs is 1. The van der Waals surface area contributed by atoms with Gasteiger partial charge in [-0.2, -0.15) is 0 Å². The van der Waals surface area contributed by atoms with Gasteiger partial charge in [0, 0.05) is 17.1 Å². The molecule has 0 saturated carbocycles. The lowest BCUT2D eigenvalue weighted by Crippen LogP contribution is -2.29. The molecule has 1 saturated heterocycles. The summed E-state index contributed by atoms with van der Waals surface area (Å²) >= 11 is 0. The summed E-state index contributed by atoms with van der Waals surface area (Å²) in [5.41, 5.74) is 6.68. The van der Waals surface area contributed by atoms with E-state index in [1.807, 2.05) is 0 Å². The van der Waals surface area contributed by atoms with Gasteiger partial charge >= 0.3 is 0 Å². The van der Waals surface area contributed by atoms with Crippen molar-refractivity contribution in [3.05, 3.63) is 59.8 Å². The Hall–Kier alpha value is -2.06. The van der Waals surface area contributed by atoms with Crippen LogP contribution in [0.15, 0.2) is 48.7 Å². The molecule has 2 heteroatoms. The molecule has 2 aromatic carbocycles. The van der Waals surface area contributed by atoms with Crippen molar-refractivity contribution in [2.24, 2.45) is 0 Å². The first-order valence-corrected chi connectivity index (χ1v) is 8.57. The molecule has 0 spiro atoms. The zero-order valence-corrected chi connectivity index (χ0v) is 14.0. The Bertz CT molecular complexity index is 805. The molecule has 1 aliphatic heterocycles. The molecule has 0 atom stereocenters. The molecule has 0 bridgehead atoms. The number of aromatic nitrogens is 1. The minimum Gasteiger partial charge on any atom is -0.361 e. The molecule has 1 N–H and O–H groups in total. The van der Waals surface area contributed by atoms with Crippen molar-refractivity contribution < 1.29 is 0 Å². The second kappa shape index (κ2) is 5.86. The van der Waals surface area contributed by atoms with E-state index in [-0.39, 0.29) is 0 Å². The number of likely N-dealkylation sites (tertiary alicyclic amines) is 1. The number of hydrogen-bond acceptors (Lipinski definition) is 1. The molecule has 0 unspecified atom stereocenters. The summed E-state index contributed by atoms with van der Waals surface area (Å²) in [7, 11) is 2.22. The average molecular weight is 304 g/mol. The van der Waals surface area contributed by atoms with Crippen molar-refractivity contribution in [2.75, 3.05) is 20.1 Å². The topological polar surface area (TPSA) is 19.0 Å². The first-order chi connectivity index (χ1) is 11.2. The third kappa shape index (κ3) is 2.79. The molecular weight excluding hydrogens is 280 g/mol. The van der Waals surface area contributed by atoms with E-state index >= 15 is 0 Å². The van der Waals surface area contributed by atoms with Crippen LogP contribution in [0.1, 0.15) is 29.9 Å². The Labute approximate surface area is 138 Å². The zero-order valence-electron chi connectivity index (χ0n) is 14.0. The third-order valence-electron chi connectivity index (χ3n) is 5.26. The van der Waals surface area contributed by atoms with Gasteiger partial charge in [0.05, 0.1) is 0 Å². The van der Waals surface area contributed by atoms with Crippen molar-refractivity contribution in [1.29, 1.82) is 0 Å². The number of aryl methyl sites for hydroxylation is 1. The van der Waals surface area contributed by atoms with Crippen LogP contribution in [0, 0.1) is 6.92 Å². The molecule has 118 valence electrons. The summed E-state index contributed by atoms with van der Waals surface area (Å²) in [5.74, 6) is 0.688. The lowest BCUT2D eigenvalue weighted by molar-refractivity contribution is 0.256. The SMILES string of the molecule is Cc1ccc(-c2ccc3[nH]cc(C4CCN(C)CC4)c3c2)cc1. The van der Waals surface area contributed by atoms with E-state index < -0.39 is 0 Å². The van der Waals surface area contributed by atoms with Gasteiger partial charge in [0.15, 0.2) is 0 Å². The van der Waals surface area contributed by atoms with Gasteiger partial charge in [-0.05, 0) is 74.6 Å². The summed E-state index contributed by atoms with van der Waals surface area (Å²) in [6.45, 7) is 4.54. The molecule has 0 amide bonds. The number of nitrogens with one attached hydrogen (secondary N) is 1. The van der Waals surface area contributed by atoms with Crippen LogP contribution in [0.4, 0.5) is 0 Å². The maximum absolute atomic E-state index is 3.47. The van der Waals surface area contributed by atoms with E-state index in [0.717, 1.165) is 0 Å². The van der Waals surface area contributed by atoms with Crippen LogP contribution in [0.3, 0.4) is 0 Å². The molecule has 23 heavy (non-hydrogen) atoms. The summed E-state index contributed by atoms with van der Waals surface area (Å²) in [5, 5.41) is 1.40. The first-order valence-electron chi connectivity index (χ1n) is 8.57. The third-order valence-corrected chi connectivity index (χ3v) is 5.26. The molecule has 3 aromatic rings. The lowest BCUT2D eigenvalue weighted by Gasteiger charge is -2.28. The van der Waals surface area contributed by atoms with Crippen LogP contribution < -0.4 is 0 Å². The molecule has 2 heterocycles. The van der Waals surface area contributed by atoms with Gasteiger partial charge in [0.1, 0.15) is 0 Å². The second-order valence-corrected chi connectivity index (χ2v) is 6.95. The van der Waals surface area contributed by atoms with Crippen LogP contribution in [0.2, 0.25) is 0 Å². The highest BCUT2D eigenvalue weighted by molar-refractivity contribution is 5.88. The maximum Gasteiger partial charge on any atom is 0.0457 e. The Morgan fingerprint density at radius 1 is 0.957 bits per heavy atom. The Kier molecular flexibility index (Phi) is 3.70. The van der Waals surface area contributed by atoms with Gasteiger partial charge in [-0.15, -0.1) is 0 Å².